The number of anilines is 1. The predicted molar refractivity (Wildman–Crippen MR) is 108 cm³/mol. The van der Waals surface area contributed by atoms with Crippen molar-refractivity contribution >= 4 is 11.6 Å². The summed E-state index contributed by atoms with van der Waals surface area (Å²) in [6.45, 7) is 6.38. The van der Waals surface area contributed by atoms with Crippen molar-refractivity contribution in [2.75, 3.05) is 18.5 Å². The first-order chi connectivity index (χ1) is 14.0. The minimum absolute atomic E-state index is 0.233. The van der Waals surface area contributed by atoms with Gasteiger partial charge in [0, 0.05) is 17.3 Å². The second kappa shape index (κ2) is 9.09. The van der Waals surface area contributed by atoms with Crippen molar-refractivity contribution in [2.45, 2.75) is 27.3 Å². The number of nitrogens with zero attached hydrogens (tertiary/aromatic N) is 2. The topological polar surface area (TPSA) is 95.6 Å². The van der Waals surface area contributed by atoms with Crippen LogP contribution in [0.1, 0.15) is 19.4 Å². The maximum absolute atomic E-state index is 12.6. The molecule has 0 atom stereocenters. The van der Waals surface area contributed by atoms with Gasteiger partial charge in [-0.3, -0.25) is 9.32 Å². The highest BCUT2D eigenvalue weighted by Gasteiger charge is 2.17. The number of carbonyl (C=O) groups excluding carboxylic acids is 1. The number of hydrogen-bond donors (Lipinski definition) is 1. The largest absolute Gasteiger partial charge is 0.490 e. The van der Waals surface area contributed by atoms with Crippen LogP contribution < -0.4 is 20.5 Å². The van der Waals surface area contributed by atoms with Gasteiger partial charge >= 0.3 is 5.76 Å². The number of carbonyl (C=O) groups is 1. The average Bonchev–Trinajstić information content (AvgIpc) is 3.05. The summed E-state index contributed by atoms with van der Waals surface area (Å²) < 4.78 is 17.1. The zero-order valence-electron chi connectivity index (χ0n) is 16.6. The van der Waals surface area contributed by atoms with Crippen LogP contribution in [0.5, 0.6) is 11.5 Å². The Morgan fingerprint density at radius 3 is 2.55 bits per heavy atom. The van der Waals surface area contributed by atoms with Crippen LogP contribution in [0.15, 0.2) is 51.8 Å². The first kappa shape index (κ1) is 20.2. The molecule has 8 heteroatoms. The highest BCUT2D eigenvalue weighted by molar-refractivity contribution is 5.91. The lowest BCUT2D eigenvalue weighted by Crippen LogP contribution is -2.25. The number of benzene rings is 2. The van der Waals surface area contributed by atoms with Crippen molar-refractivity contribution in [2.24, 2.45) is 0 Å². The van der Waals surface area contributed by atoms with Crippen molar-refractivity contribution in [1.82, 2.24) is 9.72 Å². The molecular weight excluding hydrogens is 374 g/mol. The van der Waals surface area contributed by atoms with Gasteiger partial charge in [-0.05, 0) is 38.5 Å². The Bertz CT molecular complexity index is 1050. The monoisotopic (exact) mass is 397 g/mol. The molecule has 0 aliphatic rings. The van der Waals surface area contributed by atoms with E-state index in [2.05, 4.69) is 10.5 Å². The number of amides is 1. The fraction of sp³-hybridized carbons (Fsp3) is 0.286. The molecule has 1 N–H and O–H groups in total. The quantitative estimate of drug-likeness (QED) is 0.627. The van der Waals surface area contributed by atoms with E-state index in [1.54, 1.807) is 18.2 Å². The van der Waals surface area contributed by atoms with E-state index < -0.39 is 11.7 Å². The van der Waals surface area contributed by atoms with Gasteiger partial charge in [-0.15, -0.1) is 0 Å². The Morgan fingerprint density at radius 2 is 1.83 bits per heavy atom. The third-order valence-corrected chi connectivity index (χ3v) is 4.20. The Hall–Kier alpha value is -3.55. The van der Waals surface area contributed by atoms with Gasteiger partial charge in [0.2, 0.25) is 5.91 Å². The maximum Gasteiger partial charge on any atom is 0.442 e. The minimum atomic E-state index is -0.694. The second-order valence-electron chi connectivity index (χ2n) is 6.25. The van der Waals surface area contributed by atoms with E-state index in [1.807, 2.05) is 45.0 Å². The lowest BCUT2D eigenvalue weighted by Gasteiger charge is -2.13. The Morgan fingerprint density at radius 1 is 1.10 bits per heavy atom. The summed E-state index contributed by atoms with van der Waals surface area (Å²) >= 11 is 0. The van der Waals surface area contributed by atoms with Gasteiger partial charge in [0.1, 0.15) is 6.54 Å². The van der Waals surface area contributed by atoms with Crippen LogP contribution in [0.4, 0.5) is 5.69 Å². The molecule has 3 rings (SSSR count). The predicted octanol–water partition coefficient (Wildman–Crippen LogP) is 3.25. The average molecular weight is 397 g/mol. The van der Waals surface area contributed by atoms with Crippen LogP contribution in [-0.4, -0.2) is 28.8 Å². The van der Waals surface area contributed by atoms with Crippen molar-refractivity contribution in [3.8, 4) is 22.9 Å². The fourth-order valence-corrected chi connectivity index (χ4v) is 2.90. The molecule has 3 aromatic rings. The molecule has 0 fully saturated rings. The maximum atomic E-state index is 12.6. The first-order valence-corrected chi connectivity index (χ1v) is 9.35. The normalized spacial score (nSPS) is 10.6. The lowest BCUT2D eigenvalue weighted by atomic mass is 10.1. The summed E-state index contributed by atoms with van der Waals surface area (Å²) in [5.74, 6) is 0.362. The molecule has 1 amide bonds. The van der Waals surface area contributed by atoms with Crippen molar-refractivity contribution in [3.63, 3.8) is 0 Å². The van der Waals surface area contributed by atoms with Crippen molar-refractivity contribution in [1.29, 1.82) is 0 Å². The molecule has 0 aliphatic heterocycles. The summed E-state index contributed by atoms with van der Waals surface area (Å²) in [5, 5.41) is 6.60. The van der Waals surface area contributed by atoms with E-state index in [0.29, 0.717) is 36.2 Å². The van der Waals surface area contributed by atoms with Crippen LogP contribution in [0.3, 0.4) is 0 Å². The molecule has 1 aromatic heterocycles. The molecule has 0 spiro atoms. The molecule has 2 aromatic carbocycles. The van der Waals surface area contributed by atoms with E-state index in [1.165, 1.54) is 4.57 Å². The van der Waals surface area contributed by atoms with Gasteiger partial charge in [0.05, 0.1) is 13.2 Å². The number of aryl methyl sites for hydroxylation is 1. The van der Waals surface area contributed by atoms with Crippen LogP contribution in [-0.2, 0) is 11.3 Å². The molecular formula is C21H23N3O5. The molecule has 0 saturated heterocycles. The molecule has 0 radical (unpaired) electrons. The van der Waals surface area contributed by atoms with E-state index in [4.69, 9.17) is 14.0 Å². The van der Waals surface area contributed by atoms with Gasteiger partial charge in [-0.25, -0.2) is 9.36 Å². The molecule has 0 aliphatic carbocycles. The zero-order valence-corrected chi connectivity index (χ0v) is 16.6. The number of aromatic nitrogens is 2. The SMILES string of the molecule is CCOc1ccc(NC(=O)Cn2c(-c3ccccc3C)noc2=O)cc1OCC. The van der Waals surface area contributed by atoms with Crippen LogP contribution in [0.2, 0.25) is 0 Å². The fourth-order valence-electron chi connectivity index (χ4n) is 2.90. The molecule has 1 heterocycles. The zero-order chi connectivity index (χ0) is 20.8. The highest BCUT2D eigenvalue weighted by Crippen LogP contribution is 2.30. The smallest absolute Gasteiger partial charge is 0.442 e. The number of ether oxygens (including phenoxy) is 2. The number of rotatable bonds is 8. The molecule has 0 bridgehead atoms. The third-order valence-electron chi connectivity index (χ3n) is 4.20. The van der Waals surface area contributed by atoms with Crippen LogP contribution in [0.25, 0.3) is 11.4 Å². The van der Waals surface area contributed by atoms with Gasteiger partial charge in [-0.2, -0.15) is 0 Å². The van der Waals surface area contributed by atoms with Crippen LogP contribution >= 0.6 is 0 Å². The second-order valence-corrected chi connectivity index (χ2v) is 6.25. The standard InChI is InChI=1S/C21H23N3O5/c1-4-27-17-11-10-15(12-18(17)28-5-2)22-19(25)13-24-20(23-29-21(24)26)16-9-7-6-8-14(16)3/h6-12H,4-5,13H2,1-3H3,(H,22,25). The molecule has 0 unspecified atom stereocenters. The molecule has 29 heavy (non-hydrogen) atoms. The minimum Gasteiger partial charge on any atom is -0.490 e. The molecule has 0 saturated carbocycles. The summed E-state index contributed by atoms with van der Waals surface area (Å²) in [5.41, 5.74) is 2.18. The molecule has 8 nitrogen and oxygen atoms in total. The van der Waals surface area contributed by atoms with Crippen molar-refractivity contribution in [3.05, 3.63) is 58.6 Å². The Labute approximate surface area is 168 Å². The van der Waals surface area contributed by atoms with Crippen LogP contribution in [0, 0.1) is 6.92 Å². The molecule has 152 valence electrons. The summed E-state index contributed by atoms with van der Waals surface area (Å²) in [7, 11) is 0. The van der Waals surface area contributed by atoms with E-state index in [0.717, 1.165) is 11.1 Å². The van der Waals surface area contributed by atoms with Crippen molar-refractivity contribution < 1.29 is 18.8 Å². The summed E-state index contributed by atoms with van der Waals surface area (Å²) in [6.07, 6.45) is 0. The Kier molecular flexibility index (Phi) is 6.33. The summed E-state index contributed by atoms with van der Waals surface area (Å²) in [6, 6.07) is 12.6. The van der Waals surface area contributed by atoms with E-state index in [9.17, 15) is 9.59 Å². The lowest BCUT2D eigenvalue weighted by molar-refractivity contribution is -0.116. The number of nitrogens with one attached hydrogen (secondary N) is 1. The first-order valence-electron chi connectivity index (χ1n) is 9.35. The van der Waals surface area contributed by atoms with Gasteiger partial charge in [0.25, 0.3) is 0 Å². The van der Waals surface area contributed by atoms with E-state index >= 15 is 0 Å². The van der Waals surface area contributed by atoms with Gasteiger partial charge in [-0.1, -0.05) is 29.4 Å². The third kappa shape index (κ3) is 4.66. The summed E-state index contributed by atoms with van der Waals surface area (Å²) in [4.78, 5) is 24.7. The van der Waals surface area contributed by atoms with Gasteiger partial charge in [0.15, 0.2) is 17.3 Å². The van der Waals surface area contributed by atoms with E-state index in [-0.39, 0.29) is 6.54 Å². The number of hydrogen-bond acceptors (Lipinski definition) is 6. The highest BCUT2D eigenvalue weighted by atomic mass is 16.5. The Balaban J connectivity index is 1.80. The van der Waals surface area contributed by atoms with Gasteiger partial charge < -0.3 is 14.8 Å².